The van der Waals surface area contributed by atoms with E-state index in [1.54, 1.807) is 31.3 Å². The van der Waals surface area contributed by atoms with Gasteiger partial charge in [-0.1, -0.05) is 11.6 Å². The molecule has 0 spiro atoms. The molecule has 2 aliphatic rings. The second-order valence-electron chi connectivity index (χ2n) is 9.73. The van der Waals surface area contributed by atoms with E-state index in [9.17, 15) is 0 Å². The highest BCUT2D eigenvalue weighted by Crippen LogP contribution is 2.34. The van der Waals surface area contributed by atoms with Crippen LogP contribution in [0.15, 0.2) is 55.0 Å². The van der Waals surface area contributed by atoms with Crippen LogP contribution in [-0.4, -0.2) is 78.0 Å². The molecule has 4 heterocycles. The average Bonchev–Trinajstić information content (AvgIpc) is 3.47. The van der Waals surface area contributed by atoms with E-state index in [-0.39, 0.29) is 6.23 Å². The lowest BCUT2D eigenvalue weighted by molar-refractivity contribution is -0.153. The van der Waals surface area contributed by atoms with Gasteiger partial charge in [0.2, 0.25) is 5.95 Å². The van der Waals surface area contributed by atoms with E-state index in [2.05, 4.69) is 42.7 Å². The maximum Gasteiger partial charge on any atom is 0.229 e. The number of aromatic nitrogens is 4. The molecule has 1 atom stereocenters. The highest BCUT2D eigenvalue weighted by molar-refractivity contribution is 6.33. The number of methoxy groups -OCH3 is 2. The van der Waals surface area contributed by atoms with Gasteiger partial charge in [-0.15, -0.1) is 0 Å². The maximum atomic E-state index is 6.52. The summed E-state index contributed by atoms with van der Waals surface area (Å²) in [5.74, 6) is 2.25. The number of rotatable bonds is 8. The monoisotopic (exact) mass is 577 g/mol. The van der Waals surface area contributed by atoms with Gasteiger partial charge in [0.05, 0.1) is 57.3 Å². The Hall–Kier alpha value is -3.90. The first-order valence-electron chi connectivity index (χ1n) is 13.5. The Balaban J connectivity index is 1.24. The molecule has 2 aromatic carbocycles. The number of hydrogen-bond acceptors (Lipinski definition) is 10. The van der Waals surface area contributed by atoms with Crippen LogP contribution in [0.2, 0.25) is 5.02 Å². The molecule has 2 N–H and O–H groups in total. The lowest BCUT2D eigenvalue weighted by Crippen LogP contribution is -2.45. The summed E-state index contributed by atoms with van der Waals surface area (Å²) in [4.78, 5) is 11.5. The second-order valence-corrected chi connectivity index (χ2v) is 10.1. The lowest BCUT2D eigenvalue weighted by atomic mass is 10.0. The Bertz CT molecular complexity index is 1500. The summed E-state index contributed by atoms with van der Waals surface area (Å²) in [5, 5.41) is 11.4. The topological polar surface area (TPSA) is 108 Å². The standard InChI is InChI=1S/C29H32ClN7O4/c1-38-21-4-5-23(25(16-21)37-9-3-8-32-37)33-28-22(30)17-31-29(35-28)34-24-14-19-6-10-36(27-18-40-12-13-41-27)11-7-20(19)15-26(24)39-2/h3-5,8-9,14-17,27H,6-7,10-13,18H2,1-2H3,(H2,31,33,34,35). The van der Waals surface area contributed by atoms with E-state index >= 15 is 0 Å². The van der Waals surface area contributed by atoms with Crippen LogP contribution in [0, 0.1) is 0 Å². The Kier molecular flexibility index (Phi) is 8.19. The van der Waals surface area contributed by atoms with Crippen molar-refractivity contribution in [1.82, 2.24) is 24.6 Å². The van der Waals surface area contributed by atoms with Gasteiger partial charge >= 0.3 is 0 Å². The molecule has 11 nitrogen and oxygen atoms in total. The van der Waals surface area contributed by atoms with Crippen LogP contribution in [0.4, 0.5) is 23.1 Å². The Morgan fingerprint density at radius 2 is 1.85 bits per heavy atom. The predicted octanol–water partition coefficient (Wildman–Crippen LogP) is 4.59. The molecule has 41 heavy (non-hydrogen) atoms. The Labute approximate surface area is 243 Å². The fraction of sp³-hybridized carbons (Fsp3) is 0.345. The molecule has 6 rings (SSSR count). The summed E-state index contributed by atoms with van der Waals surface area (Å²) < 4.78 is 24.5. The van der Waals surface area contributed by atoms with Gasteiger partial charge in [0.1, 0.15) is 22.7 Å². The number of benzene rings is 2. The van der Waals surface area contributed by atoms with Crippen molar-refractivity contribution in [3.05, 3.63) is 71.1 Å². The molecule has 0 amide bonds. The molecule has 0 radical (unpaired) electrons. The molecular weight excluding hydrogens is 546 g/mol. The quantitative estimate of drug-likeness (QED) is 0.309. The SMILES string of the molecule is COc1ccc(Nc2nc(Nc3cc4c(cc3OC)CCN(C3COCCO3)CC4)ncc2Cl)c(-n2cccn2)c1. The van der Waals surface area contributed by atoms with E-state index in [1.165, 1.54) is 11.1 Å². The van der Waals surface area contributed by atoms with Crippen LogP contribution in [0.5, 0.6) is 11.5 Å². The number of halogens is 1. The van der Waals surface area contributed by atoms with Crippen molar-refractivity contribution in [3.8, 4) is 17.2 Å². The molecule has 4 aromatic rings. The van der Waals surface area contributed by atoms with Crippen LogP contribution in [0.25, 0.3) is 5.69 Å². The minimum absolute atomic E-state index is 0.00505. The number of nitrogens with one attached hydrogen (secondary N) is 2. The summed E-state index contributed by atoms with van der Waals surface area (Å²) >= 11 is 6.52. The first-order chi connectivity index (χ1) is 20.1. The minimum atomic E-state index is 0.00505. The Morgan fingerprint density at radius 1 is 1.00 bits per heavy atom. The smallest absolute Gasteiger partial charge is 0.229 e. The van der Waals surface area contributed by atoms with Crippen molar-refractivity contribution in [2.45, 2.75) is 19.1 Å². The highest BCUT2D eigenvalue weighted by Gasteiger charge is 2.25. The lowest BCUT2D eigenvalue weighted by Gasteiger charge is -2.33. The van der Waals surface area contributed by atoms with Crippen molar-refractivity contribution in [2.75, 3.05) is 57.8 Å². The second kappa shape index (κ2) is 12.3. The molecule has 1 saturated heterocycles. The zero-order chi connectivity index (χ0) is 28.2. The number of fused-ring (bicyclic) bond motifs is 1. The van der Waals surface area contributed by atoms with Gasteiger partial charge in [0.15, 0.2) is 5.82 Å². The van der Waals surface area contributed by atoms with E-state index in [1.807, 2.05) is 30.5 Å². The van der Waals surface area contributed by atoms with Gasteiger partial charge in [-0.3, -0.25) is 4.90 Å². The molecule has 214 valence electrons. The molecule has 0 bridgehead atoms. The van der Waals surface area contributed by atoms with E-state index in [4.69, 9.17) is 30.5 Å². The van der Waals surface area contributed by atoms with Crippen LogP contribution in [-0.2, 0) is 22.3 Å². The zero-order valence-electron chi connectivity index (χ0n) is 23.0. The van der Waals surface area contributed by atoms with Gasteiger partial charge in [-0.25, -0.2) is 9.67 Å². The van der Waals surface area contributed by atoms with Gasteiger partial charge in [-0.2, -0.15) is 10.1 Å². The summed E-state index contributed by atoms with van der Waals surface area (Å²) in [7, 11) is 3.29. The highest BCUT2D eigenvalue weighted by atomic mass is 35.5. The van der Waals surface area contributed by atoms with Crippen molar-refractivity contribution in [3.63, 3.8) is 0 Å². The number of nitrogens with zero attached hydrogens (tertiary/aromatic N) is 5. The van der Waals surface area contributed by atoms with E-state index < -0.39 is 0 Å². The number of ether oxygens (including phenoxy) is 4. The fourth-order valence-corrected chi connectivity index (χ4v) is 5.26. The third-order valence-corrected chi connectivity index (χ3v) is 7.54. The molecule has 2 aliphatic heterocycles. The van der Waals surface area contributed by atoms with Gasteiger partial charge in [-0.05, 0) is 54.3 Å². The van der Waals surface area contributed by atoms with Crippen molar-refractivity contribution in [2.24, 2.45) is 0 Å². The maximum absolute atomic E-state index is 6.52. The summed E-state index contributed by atoms with van der Waals surface area (Å²) in [6.45, 7) is 3.69. The van der Waals surface area contributed by atoms with Crippen molar-refractivity contribution < 1.29 is 18.9 Å². The third-order valence-electron chi connectivity index (χ3n) is 7.26. The fourth-order valence-electron chi connectivity index (χ4n) is 5.12. The molecule has 2 aromatic heterocycles. The number of hydrogen-bond donors (Lipinski definition) is 2. The van der Waals surface area contributed by atoms with Gasteiger partial charge in [0.25, 0.3) is 0 Å². The Morgan fingerprint density at radius 3 is 2.59 bits per heavy atom. The van der Waals surface area contributed by atoms with E-state index in [0.717, 1.165) is 48.7 Å². The average molecular weight is 578 g/mol. The normalized spacial score (nSPS) is 17.4. The molecule has 12 heteroatoms. The summed E-state index contributed by atoms with van der Waals surface area (Å²) in [6.07, 6.45) is 6.93. The zero-order valence-corrected chi connectivity index (χ0v) is 23.7. The summed E-state index contributed by atoms with van der Waals surface area (Å²) in [5.41, 5.74) is 4.83. The number of anilines is 4. The molecular formula is C29H32ClN7O4. The molecule has 1 unspecified atom stereocenters. The third kappa shape index (κ3) is 6.08. The van der Waals surface area contributed by atoms with E-state index in [0.29, 0.717) is 42.4 Å². The van der Waals surface area contributed by atoms with Crippen molar-refractivity contribution >= 4 is 34.7 Å². The predicted molar refractivity (Wildman–Crippen MR) is 156 cm³/mol. The van der Waals surface area contributed by atoms with Crippen LogP contribution in [0.3, 0.4) is 0 Å². The molecule has 0 aliphatic carbocycles. The minimum Gasteiger partial charge on any atom is -0.497 e. The van der Waals surface area contributed by atoms with Crippen molar-refractivity contribution in [1.29, 1.82) is 0 Å². The first-order valence-corrected chi connectivity index (χ1v) is 13.9. The van der Waals surface area contributed by atoms with Gasteiger partial charge < -0.3 is 29.6 Å². The molecule has 1 fully saturated rings. The first kappa shape index (κ1) is 27.3. The van der Waals surface area contributed by atoms with Crippen LogP contribution in [0.1, 0.15) is 11.1 Å². The molecule has 0 saturated carbocycles. The van der Waals surface area contributed by atoms with Gasteiger partial charge in [0, 0.05) is 31.5 Å². The largest absolute Gasteiger partial charge is 0.497 e. The van der Waals surface area contributed by atoms with Crippen LogP contribution >= 0.6 is 11.6 Å². The van der Waals surface area contributed by atoms with Crippen LogP contribution < -0.4 is 20.1 Å². The summed E-state index contributed by atoms with van der Waals surface area (Å²) in [6, 6.07) is 11.7.